The standard InChI is InChI=1S/C27H17F3N2O4/c28-27(29,30)18-10-11-21-20(12-18)31-26(36)32(21)22-13-19(23(33)14-24(22)34)15-6-8-17(9-7-15)25(35)16-4-2-1-3-5-16/h1-14,33-34H,(H,31,36). The van der Waals surface area contributed by atoms with Crippen LogP contribution in [0.25, 0.3) is 27.8 Å². The van der Waals surface area contributed by atoms with Gasteiger partial charge in [-0.05, 0) is 29.8 Å². The molecule has 36 heavy (non-hydrogen) atoms. The van der Waals surface area contributed by atoms with Gasteiger partial charge < -0.3 is 15.2 Å². The fraction of sp³-hybridized carbons (Fsp3) is 0.0370. The SMILES string of the molecule is O=C(c1ccccc1)c1ccc(-c2cc(-n3c(=O)[nH]c4cc(C(F)(F)F)ccc43)c(O)cc2O)cc1. The summed E-state index contributed by atoms with van der Waals surface area (Å²) in [6.45, 7) is 0. The number of halogens is 3. The first kappa shape index (κ1) is 23.0. The molecule has 0 radical (unpaired) electrons. The Morgan fingerprint density at radius 3 is 2.14 bits per heavy atom. The molecule has 0 fully saturated rings. The average molecular weight is 490 g/mol. The fourth-order valence-electron chi connectivity index (χ4n) is 4.06. The van der Waals surface area contributed by atoms with Crippen molar-refractivity contribution >= 4 is 16.8 Å². The van der Waals surface area contributed by atoms with Gasteiger partial charge in [-0.3, -0.25) is 9.36 Å². The van der Waals surface area contributed by atoms with Crippen LogP contribution in [0.5, 0.6) is 11.5 Å². The molecule has 0 unspecified atom stereocenters. The second kappa shape index (κ2) is 8.46. The lowest BCUT2D eigenvalue weighted by atomic mass is 9.98. The molecule has 5 aromatic rings. The van der Waals surface area contributed by atoms with Crippen molar-refractivity contribution in [1.82, 2.24) is 9.55 Å². The van der Waals surface area contributed by atoms with Crippen molar-refractivity contribution in [1.29, 1.82) is 0 Å². The van der Waals surface area contributed by atoms with Crippen LogP contribution in [0, 0.1) is 0 Å². The van der Waals surface area contributed by atoms with Gasteiger partial charge in [-0.15, -0.1) is 0 Å². The quantitative estimate of drug-likeness (QED) is 0.284. The van der Waals surface area contributed by atoms with Crippen LogP contribution < -0.4 is 5.69 Å². The zero-order valence-corrected chi connectivity index (χ0v) is 18.4. The Bertz CT molecular complexity index is 1670. The lowest BCUT2D eigenvalue weighted by Crippen LogP contribution is -2.14. The predicted octanol–water partition coefficient (Wildman–Crippen LogP) is 5.65. The van der Waals surface area contributed by atoms with E-state index in [0.29, 0.717) is 16.7 Å². The third-order valence-corrected chi connectivity index (χ3v) is 5.84. The number of hydrogen-bond donors (Lipinski definition) is 3. The molecule has 0 bridgehead atoms. The van der Waals surface area contributed by atoms with Crippen LogP contribution in [0.4, 0.5) is 13.2 Å². The van der Waals surface area contributed by atoms with E-state index in [-0.39, 0.29) is 33.8 Å². The van der Waals surface area contributed by atoms with Crippen molar-refractivity contribution in [3.8, 4) is 28.3 Å². The van der Waals surface area contributed by atoms with Gasteiger partial charge in [0.25, 0.3) is 0 Å². The third-order valence-electron chi connectivity index (χ3n) is 5.84. The number of aromatic hydroxyl groups is 2. The minimum atomic E-state index is -4.59. The van der Waals surface area contributed by atoms with E-state index >= 15 is 0 Å². The Morgan fingerprint density at radius 1 is 0.806 bits per heavy atom. The number of fused-ring (bicyclic) bond motifs is 1. The smallest absolute Gasteiger partial charge is 0.416 e. The summed E-state index contributed by atoms with van der Waals surface area (Å²) in [5.74, 6) is -0.915. The molecule has 1 aromatic heterocycles. The molecule has 0 saturated heterocycles. The minimum Gasteiger partial charge on any atom is -0.507 e. The van der Waals surface area contributed by atoms with Crippen LogP contribution >= 0.6 is 0 Å². The van der Waals surface area contributed by atoms with Gasteiger partial charge >= 0.3 is 11.9 Å². The van der Waals surface area contributed by atoms with Crippen molar-refractivity contribution in [3.63, 3.8) is 0 Å². The van der Waals surface area contributed by atoms with Crippen molar-refractivity contribution in [2.24, 2.45) is 0 Å². The summed E-state index contributed by atoms with van der Waals surface area (Å²) in [5, 5.41) is 21.0. The summed E-state index contributed by atoms with van der Waals surface area (Å²) in [6, 6.07) is 20.3. The number of aromatic amines is 1. The van der Waals surface area contributed by atoms with Crippen molar-refractivity contribution in [2.75, 3.05) is 0 Å². The van der Waals surface area contributed by atoms with Crippen LogP contribution in [0.1, 0.15) is 21.5 Å². The topological polar surface area (TPSA) is 95.3 Å². The Balaban J connectivity index is 1.58. The third kappa shape index (κ3) is 4.00. The summed E-state index contributed by atoms with van der Waals surface area (Å²) in [5.41, 5.74) is 0.00768. The monoisotopic (exact) mass is 490 g/mol. The fourth-order valence-corrected chi connectivity index (χ4v) is 4.06. The van der Waals surface area contributed by atoms with Crippen LogP contribution in [-0.4, -0.2) is 25.5 Å². The van der Waals surface area contributed by atoms with Crippen LogP contribution in [0.2, 0.25) is 0 Å². The van der Waals surface area contributed by atoms with Gasteiger partial charge in [-0.25, -0.2) is 4.79 Å². The average Bonchev–Trinajstić information content (AvgIpc) is 3.19. The molecule has 180 valence electrons. The predicted molar refractivity (Wildman–Crippen MR) is 128 cm³/mol. The summed E-state index contributed by atoms with van der Waals surface area (Å²) in [4.78, 5) is 27.7. The molecule has 9 heteroatoms. The highest BCUT2D eigenvalue weighted by Crippen LogP contribution is 2.38. The maximum absolute atomic E-state index is 13.1. The first-order valence-corrected chi connectivity index (χ1v) is 10.7. The Hall–Kier alpha value is -4.79. The number of nitrogens with one attached hydrogen (secondary N) is 1. The molecular weight excluding hydrogens is 473 g/mol. The summed E-state index contributed by atoms with van der Waals surface area (Å²) >= 11 is 0. The van der Waals surface area contributed by atoms with Crippen LogP contribution in [0.3, 0.4) is 0 Å². The van der Waals surface area contributed by atoms with Gasteiger partial charge in [-0.2, -0.15) is 13.2 Å². The molecule has 0 aliphatic heterocycles. The molecular formula is C27H17F3N2O4. The molecule has 0 amide bonds. The highest BCUT2D eigenvalue weighted by molar-refractivity contribution is 6.09. The number of phenolic OH excluding ortho intramolecular Hbond substituents is 2. The second-order valence-electron chi connectivity index (χ2n) is 8.13. The number of aromatic nitrogens is 2. The van der Waals surface area contributed by atoms with Gasteiger partial charge in [-0.1, -0.05) is 54.6 Å². The van der Waals surface area contributed by atoms with E-state index in [1.165, 1.54) is 6.07 Å². The van der Waals surface area contributed by atoms with Gasteiger partial charge in [0.2, 0.25) is 0 Å². The van der Waals surface area contributed by atoms with Crippen molar-refractivity contribution < 1.29 is 28.2 Å². The molecule has 0 saturated carbocycles. The number of carbonyl (C=O) groups is 1. The number of phenols is 2. The summed E-state index contributed by atoms with van der Waals surface area (Å²) < 4.78 is 40.3. The lowest BCUT2D eigenvalue weighted by molar-refractivity contribution is -0.137. The molecule has 0 atom stereocenters. The van der Waals surface area contributed by atoms with E-state index in [2.05, 4.69) is 4.98 Å². The van der Waals surface area contributed by atoms with Gasteiger partial charge in [0.15, 0.2) is 5.78 Å². The summed E-state index contributed by atoms with van der Waals surface area (Å²) in [7, 11) is 0. The highest BCUT2D eigenvalue weighted by Gasteiger charge is 2.31. The van der Waals surface area contributed by atoms with E-state index < -0.39 is 23.2 Å². The van der Waals surface area contributed by atoms with Gasteiger partial charge in [0.05, 0.1) is 22.3 Å². The number of ketones is 1. The maximum Gasteiger partial charge on any atom is 0.416 e. The number of rotatable bonds is 4. The zero-order valence-electron chi connectivity index (χ0n) is 18.4. The molecule has 6 nitrogen and oxygen atoms in total. The lowest BCUT2D eigenvalue weighted by Gasteiger charge is -2.12. The van der Waals surface area contributed by atoms with E-state index in [9.17, 15) is 33.0 Å². The Morgan fingerprint density at radius 2 is 1.47 bits per heavy atom. The number of H-pyrrole nitrogens is 1. The minimum absolute atomic E-state index is 0.0387. The first-order chi connectivity index (χ1) is 17.1. The molecule has 4 aromatic carbocycles. The van der Waals surface area contributed by atoms with E-state index in [1.54, 1.807) is 54.6 Å². The van der Waals surface area contributed by atoms with Crippen molar-refractivity contribution in [2.45, 2.75) is 6.18 Å². The highest BCUT2D eigenvalue weighted by atomic mass is 19.4. The van der Waals surface area contributed by atoms with Crippen LogP contribution in [-0.2, 0) is 6.18 Å². The molecule has 3 N–H and O–H groups in total. The Kier molecular flexibility index (Phi) is 5.40. The largest absolute Gasteiger partial charge is 0.507 e. The second-order valence-corrected chi connectivity index (χ2v) is 8.13. The number of hydrogen-bond acceptors (Lipinski definition) is 4. The molecule has 0 spiro atoms. The van der Waals surface area contributed by atoms with Crippen molar-refractivity contribution in [3.05, 3.63) is 112 Å². The zero-order chi connectivity index (χ0) is 25.6. The first-order valence-electron chi connectivity index (χ1n) is 10.7. The Labute approximate surface area is 201 Å². The van der Waals surface area contributed by atoms with Gasteiger partial charge in [0, 0.05) is 22.8 Å². The number of carbonyl (C=O) groups excluding carboxylic acids is 1. The maximum atomic E-state index is 13.1. The number of alkyl halides is 3. The van der Waals surface area contributed by atoms with E-state index in [4.69, 9.17) is 0 Å². The summed E-state index contributed by atoms with van der Waals surface area (Å²) in [6.07, 6.45) is -4.59. The molecule has 1 heterocycles. The van der Waals surface area contributed by atoms with E-state index in [1.807, 2.05) is 0 Å². The molecule has 5 rings (SSSR count). The normalized spacial score (nSPS) is 11.6. The van der Waals surface area contributed by atoms with E-state index in [0.717, 1.165) is 28.8 Å². The number of nitrogens with zero attached hydrogens (tertiary/aromatic N) is 1. The molecule has 0 aliphatic carbocycles. The molecule has 0 aliphatic rings. The number of benzene rings is 4. The van der Waals surface area contributed by atoms with Gasteiger partial charge in [0.1, 0.15) is 11.5 Å². The number of imidazole rings is 1. The van der Waals surface area contributed by atoms with Crippen LogP contribution in [0.15, 0.2) is 89.7 Å².